The summed E-state index contributed by atoms with van der Waals surface area (Å²) in [5.41, 5.74) is 3.08. The lowest BCUT2D eigenvalue weighted by Gasteiger charge is -2.15. The molecule has 0 unspecified atom stereocenters. The second kappa shape index (κ2) is 11.6. The second-order valence-corrected chi connectivity index (χ2v) is 8.41. The predicted molar refractivity (Wildman–Crippen MR) is 134 cm³/mol. The van der Waals surface area contributed by atoms with E-state index in [1.54, 1.807) is 24.3 Å². The zero-order chi connectivity index (χ0) is 23.8. The smallest absolute Gasteiger partial charge is 0.266 e. The van der Waals surface area contributed by atoms with E-state index >= 15 is 0 Å². The molecule has 0 saturated heterocycles. The molecule has 33 heavy (non-hydrogen) atoms. The first-order valence-corrected chi connectivity index (χ1v) is 11.4. The molecule has 3 aromatic rings. The summed E-state index contributed by atoms with van der Waals surface area (Å²) in [6, 6.07) is 20.3. The molecule has 0 aliphatic carbocycles. The van der Waals surface area contributed by atoms with E-state index in [-0.39, 0.29) is 5.57 Å². The normalized spacial score (nSPS) is 10.9. The number of para-hydroxylation sites is 1. The molecule has 0 radical (unpaired) electrons. The molecule has 0 saturated carbocycles. The fourth-order valence-electron chi connectivity index (χ4n) is 3.07. The molecular weight excluding hydrogens is 504 g/mol. The minimum atomic E-state index is -0.484. The van der Waals surface area contributed by atoms with Crippen molar-refractivity contribution < 1.29 is 14.3 Å². The van der Waals surface area contributed by atoms with E-state index in [0.29, 0.717) is 45.5 Å². The van der Waals surface area contributed by atoms with Gasteiger partial charge in [0.15, 0.2) is 11.5 Å². The molecule has 0 aliphatic rings. The van der Waals surface area contributed by atoms with E-state index < -0.39 is 5.91 Å². The number of benzene rings is 3. The van der Waals surface area contributed by atoms with Gasteiger partial charge in [-0.05, 0) is 82.9 Å². The average Bonchev–Trinajstić information content (AvgIpc) is 2.78. The summed E-state index contributed by atoms with van der Waals surface area (Å²) in [5, 5.41) is 13.0. The third-order valence-electron chi connectivity index (χ3n) is 4.67. The van der Waals surface area contributed by atoms with Crippen LogP contribution in [0.25, 0.3) is 6.08 Å². The topological polar surface area (TPSA) is 71.3 Å². The van der Waals surface area contributed by atoms with Crippen LogP contribution in [0.2, 0.25) is 5.02 Å². The standard InChI is InChI=1S/C26H22BrClN2O3/c1-3-32-24-14-19(11-20(15-29)26(31)30-23-10-5-4-7-17(23)2)13-22(27)25(24)33-16-18-8-6-9-21(28)12-18/h4-14H,3,16H2,1-2H3,(H,30,31)/b20-11+. The van der Waals surface area contributed by atoms with E-state index in [1.807, 2.05) is 56.3 Å². The first kappa shape index (κ1) is 24.4. The molecule has 1 amide bonds. The number of aryl methyl sites for hydroxylation is 1. The van der Waals surface area contributed by atoms with Crippen LogP contribution >= 0.6 is 27.5 Å². The molecule has 0 spiro atoms. The summed E-state index contributed by atoms with van der Waals surface area (Å²) >= 11 is 9.58. The Bertz CT molecular complexity index is 1230. The van der Waals surface area contributed by atoms with Crippen LogP contribution in [-0.2, 0) is 11.4 Å². The summed E-state index contributed by atoms with van der Waals surface area (Å²) in [4.78, 5) is 12.7. The summed E-state index contributed by atoms with van der Waals surface area (Å²) in [5.74, 6) is 0.538. The van der Waals surface area contributed by atoms with Crippen LogP contribution in [0.15, 0.2) is 70.7 Å². The molecule has 0 aromatic heterocycles. The van der Waals surface area contributed by atoms with Crippen molar-refractivity contribution >= 4 is 45.2 Å². The molecule has 0 atom stereocenters. The minimum absolute atomic E-state index is 0.0276. The molecule has 0 fully saturated rings. The van der Waals surface area contributed by atoms with Gasteiger partial charge in [-0.25, -0.2) is 0 Å². The molecule has 3 aromatic carbocycles. The maximum atomic E-state index is 12.7. The van der Waals surface area contributed by atoms with Crippen LogP contribution in [-0.4, -0.2) is 12.5 Å². The predicted octanol–water partition coefficient (Wildman–Crippen LogP) is 6.93. The highest BCUT2D eigenvalue weighted by Crippen LogP contribution is 2.38. The maximum absolute atomic E-state index is 12.7. The van der Waals surface area contributed by atoms with Gasteiger partial charge in [-0.3, -0.25) is 4.79 Å². The van der Waals surface area contributed by atoms with Crippen molar-refractivity contribution in [2.24, 2.45) is 0 Å². The van der Waals surface area contributed by atoms with Gasteiger partial charge in [-0.2, -0.15) is 5.26 Å². The Labute approximate surface area is 206 Å². The number of ether oxygens (including phenoxy) is 2. The Morgan fingerprint density at radius 2 is 1.94 bits per heavy atom. The number of amides is 1. The van der Waals surface area contributed by atoms with E-state index in [9.17, 15) is 10.1 Å². The lowest BCUT2D eigenvalue weighted by Crippen LogP contribution is -2.14. The lowest BCUT2D eigenvalue weighted by atomic mass is 10.1. The van der Waals surface area contributed by atoms with Crippen molar-refractivity contribution in [3.8, 4) is 17.6 Å². The number of carbonyl (C=O) groups is 1. The van der Waals surface area contributed by atoms with Crippen molar-refractivity contribution in [1.29, 1.82) is 5.26 Å². The number of carbonyl (C=O) groups excluding carboxylic acids is 1. The number of halogens is 2. The highest BCUT2D eigenvalue weighted by molar-refractivity contribution is 9.10. The number of nitrogens with zero attached hydrogens (tertiary/aromatic N) is 1. The van der Waals surface area contributed by atoms with Gasteiger partial charge in [0.05, 0.1) is 11.1 Å². The lowest BCUT2D eigenvalue weighted by molar-refractivity contribution is -0.112. The van der Waals surface area contributed by atoms with Gasteiger partial charge in [0.1, 0.15) is 18.2 Å². The summed E-state index contributed by atoms with van der Waals surface area (Å²) in [7, 11) is 0. The Balaban J connectivity index is 1.86. The number of nitrogens with one attached hydrogen (secondary N) is 1. The van der Waals surface area contributed by atoms with E-state index in [4.69, 9.17) is 21.1 Å². The Hall–Kier alpha value is -3.27. The molecule has 1 N–H and O–H groups in total. The zero-order valence-corrected chi connectivity index (χ0v) is 20.5. The van der Waals surface area contributed by atoms with Gasteiger partial charge in [0.25, 0.3) is 5.91 Å². The van der Waals surface area contributed by atoms with Gasteiger partial charge in [-0.15, -0.1) is 0 Å². The van der Waals surface area contributed by atoms with E-state index in [1.165, 1.54) is 6.08 Å². The summed E-state index contributed by atoms with van der Waals surface area (Å²) < 4.78 is 12.4. The van der Waals surface area contributed by atoms with Gasteiger partial charge >= 0.3 is 0 Å². The number of nitriles is 1. The van der Waals surface area contributed by atoms with E-state index in [0.717, 1.165) is 11.1 Å². The van der Waals surface area contributed by atoms with Gasteiger partial charge < -0.3 is 14.8 Å². The molecule has 0 heterocycles. The molecule has 3 rings (SSSR count). The largest absolute Gasteiger partial charge is 0.490 e. The van der Waals surface area contributed by atoms with Crippen LogP contribution in [0.3, 0.4) is 0 Å². The molecule has 168 valence electrons. The fourth-order valence-corrected chi connectivity index (χ4v) is 3.86. The van der Waals surface area contributed by atoms with Crippen LogP contribution in [0.4, 0.5) is 5.69 Å². The summed E-state index contributed by atoms with van der Waals surface area (Å²) in [6.07, 6.45) is 1.52. The molecule has 7 heteroatoms. The van der Waals surface area contributed by atoms with Crippen LogP contribution in [0.5, 0.6) is 11.5 Å². The third-order valence-corrected chi connectivity index (χ3v) is 5.50. The van der Waals surface area contributed by atoms with Crippen molar-refractivity contribution in [1.82, 2.24) is 0 Å². The highest BCUT2D eigenvalue weighted by Gasteiger charge is 2.15. The number of anilines is 1. The molecule has 0 aliphatic heterocycles. The second-order valence-electron chi connectivity index (χ2n) is 7.12. The number of hydrogen-bond acceptors (Lipinski definition) is 4. The monoisotopic (exact) mass is 524 g/mol. The average molecular weight is 526 g/mol. The number of hydrogen-bond donors (Lipinski definition) is 1. The molecular formula is C26H22BrClN2O3. The third kappa shape index (κ3) is 6.61. The number of rotatable bonds is 8. The Morgan fingerprint density at radius 1 is 1.15 bits per heavy atom. The van der Waals surface area contributed by atoms with Crippen LogP contribution in [0.1, 0.15) is 23.6 Å². The molecule has 0 bridgehead atoms. The SMILES string of the molecule is CCOc1cc(/C=C(\C#N)C(=O)Nc2ccccc2C)cc(Br)c1OCc1cccc(Cl)c1. The van der Waals surface area contributed by atoms with Gasteiger partial charge in [0, 0.05) is 10.7 Å². The van der Waals surface area contributed by atoms with Crippen LogP contribution < -0.4 is 14.8 Å². The summed E-state index contributed by atoms with van der Waals surface area (Å²) in [6.45, 7) is 4.48. The van der Waals surface area contributed by atoms with Gasteiger partial charge in [0.2, 0.25) is 0 Å². The van der Waals surface area contributed by atoms with Crippen molar-refractivity contribution in [3.63, 3.8) is 0 Å². The quantitative estimate of drug-likeness (QED) is 0.256. The van der Waals surface area contributed by atoms with Crippen molar-refractivity contribution in [2.45, 2.75) is 20.5 Å². The Morgan fingerprint density at radius 3 is 2.64 bits per heavy atom. The fraction of sp³-hybridized carbons (Fsp3) is 0.154. The molecule has 5 nitrogen and oxygen atoms in total. The van der Waals surface area contributed by atoms with E-state index in [2.05, 4.69) is 21.2 Å². The zero-order valence-electron chi connectivity index (χ0n) is 18.2. The maximum Gasteiger partial charge on any atom is 0.266 e. The van der Waals surface area contributed by atoms with Crippen molar-refractivity contribution in [2.75, 3.05) is 11.9 Å². The first-order chi connectivity index (χ1) is 15.9. The first-order valence-electron chi connectivity index (χ1n) is 10.2. The van der Waals surface area contributed by atoms with Crippen LogP contribution in [0, 0.1) is 18.3 Å². The van der Waals surface area contributed by atoms with Crippen molar-refractivity contribution in [3.05, 3.63) is 92.4 Å². The Kier molecular flexibility index (Phi) is 8.53. The highest BCUT2D eigenvalue weighted by atomic mass is 79.9. The minimum Gasteiger partial charge on any atom is -0.490 e. The van der Waals surface area contributed by atoms with Gasteiger partial charge in [-0.1, -0.05) is 41.9 Å².